The van der Waals surface area contributed by atoms with Gasteiger partial charge in [-0.1, -0.05) is 0 Å². The number of ketones is 1. The van der Waals surface area contributed by atoms with Gasteiger partial charge < -0.3 is 10.1 Å². The number of Topliss-reactive ketones (excluding diaryl/α,β-unsaturated/α-hetero) is 1. The summed E-state index contributed by atoms with van der Waals surface area (Å²) in [7, 11) is 0. The number of ether oxygens (including phenoxy) is 1. The van der Waals surface area contributed by atoms with E-state index in [1.54, 1.807) is 36.0 Å². The molecule has 2 aromatic carbocycles. The van der Waals surface area contributed by atoms with Crippen LogP contribution in [0.5, 0.6) is 5.75 Å². The molecule has 0 spiro atoms. The van der Waals surface area contributed by atoms with Crippen molar-refractivity contribution in [3.05, 3.63) is 54.1 Å². The van der Waals surface area contributed by atoms with E-state index < -0.39 is 0 Å². The summed E-state index contributed by atoms with van der Waals surface area (Å²) in [5.41, 5.74) is 1.35. The highest BCUT2D eigenvalue weighted by molar-refractivity contribution is 7.98. The lowest BCUT2D eigenvalue weighted by Crippen LogP contribution is -2.20. The minimum atomic E-state index is -0.229. The Labute approximate surface area is 133 Å². The van der Waals surface area contributed by atoms with Crippen LogP contribution in [0.1, 0.15) is 17.3 Å². The lowest BCUT2D eigenvalue weighted by Gasteiger charge is -2.08. The molecule has 0 aromatic heterocycles. The van der Waals surface area contributed by atoms with E-state index in [0.29, 0.717) is 11.3 Å². The average Bonchev–Trinajstić information content (AvgIpc) is 2.54. The number of hydrogen-bond donors (Lipinski definition) is 1. The minimum Gasteiger partial charge on any atom is -0.484 e. The summed E-state index contributed by atoms with van der Waals surface area (Å²) >= 11 is 1.65. The van der Waals surface area contributed by atoms with Crippen LogP contribution in [-0.4, -0.2) is 24.6 Å². The van der Waals surface area contributed by atoms with Crippen LogP contribution in [0.3, 0.4) is 0 Å². The van der Waals surface area contributed by atoms with Gasteiger partial charge in [-0.3, -0.25) is 9.59 Å². The molecule has 0 saturated heterocycles. The normalized spacial score (nSPS) is 10.1. The molecule has 0 radical (unpaired) electrons. The summed E-state index contributed by atoms with van der Waals surface area (Å²) in [6.07, 6.45) is 2.00. The SMILES string of the molecule is CSc1ccc(NC(=O)COc2ccc(C(C)=O)cc2)cc1. The van der Waals surface area contributed by atoms with E-state index in [9.17, 15) is 9.59 Å². The first-order chi connectivity index (χ1) is 10.6. The van der Waals surface area contributed by atoms with E-state index in [1.165, 1.54) is 6.92 Å². The number of nitrogens with one attached hydrogen (secondary N) is 1. The van der Waals surface area contributed by atoms with Crippen LogP contribution >= 0.6 is 11.8 Å². The zero-order valence-electron chi connectivity index (χ0n) is 12.5. The first kappa shape index (κ1) is 16.1. The molecule has 0 aliphatic carbocycles. The fourth-order valence-electron chi connectivity index (χ4n) is 1.81. The first-order valence-corrected chi connectivity index (χ1v) is 7.98. The van der Waals surface area contributed by atoms with E-state index in [2.05, 4.69) is 5.32 Å². The van der Waals surface area contributed by atoms with Gasteiger partial charge in [0.05, 0.1) is 0 Å². The van der Waals surface area contributed by atoms with Crippen molar-refractivity contribution in [1.29, 1.82) is 0 Å². The molecule has 0 atom stereocenters. The molecule has 0 aliphatic heterocycles. The zero-order chi connectivity index (χ0) is 15.9. The Hall–Kier alpha value is -2.27. The Bertz CT molecular complexity index is 651. The Balaban J connectivity index is 1.85. The predicted molar refractivity (Wildman–Crippen MR) is 88.8 cm³/mol. The van der Waals surface area contributed by atoms with Crippen molar-refractivity contribution in [2.24, 2.45) is 0 Å². The Morgan fingerprint density at radius 1 is 1.05 bits per heavy atom. The predicted octanol–water partition coefficient (Wildman–Crippen LogP) is 3.63. The molecule has 0 unspecified atom stereocenters. The second-order valence-corrected chi connectivity index (χ2v) is 5.53. The summed E-state index contributed by atoms with van der Waals surface area (Å²) < 4.78 is 5.39. The number of benzene rings is 2. The van der Waals surface area contributed by atoms with E-state index in [0.717, 1.165) is 10.6 Å². The van der Waals surface area contributed by atoms with Gasteiger partial charge in [0.2, 0.25) is 0 Å². The fraction of sp³-hybridized carbons (Fsp3) is 0.176. The van der Waals surface area contributed by atoms with Gasteiger partial charge in [0.1, 0.15) is 5.75 Å². The molecule has 4 nitrogen and oxygen atoms in total. The third-order valence-corrected chi connectivity index (χ3v) is 3.75. The minimum absolute atomic E-state index is 0.00187. The molecule has 2 aromatic rings. The van der Waals surface area contributed by atoms with Gasteiger partial charge in [0.25, 0.3) is 5.91 Å². The quantitative estimate of drug-likeness (QED) is 0.653. The standard InChI is InChI=1S/C17H17NO3S/c1-12(19)13-3-7-15(8-4-13)21-11-17(20)18-14-5-9-16(22-2)10-6-14/h3-10H,11H2,1-2H3,(H,18,20). The lowest BCUT2D eigenvalue weighted by molar-refractivity contribution is -0.118. The highest BCUT2D eigenvalue weighted by Gasteiger charge is 2.05. The summed E-state index contributed by atoms with van der Waals surface area (Å²) in [6.45, 7) is 1.43. The molecule has 2 rings (SSSR count). The molecule has 5 heteroatoms. The van der Waals surface area contributed by atoms with E-state index >= 15 is 0 Å². The Morgan fingerprint density at radius 3 is 2.23 bits per heavy atom. The van der Waals surface area contributed by atoms with Gasteiger partial charge in [-0.2, -0.15) is 0 Å². The Morgan fingerprint density at radius 2 is 1.68 bits per heavy atom. The van der Waals surface area contributed by atoms with Gasteiger partial charge >= 0.3 is 0 Å². The summed E-state index contributed by atoms with van der Waals surface area (Å²) in [4.78, 5) is 24.1. The number of amides is 1. The number of carbonyl (C=O) groups excluding carboxylic acids is 2. The maximum atomic E-state index is 11.8. The topological polar surface area (TPSA) is 55.4 Å². The lowest BCUT2D eigenvalue weighted by atomic mass is 10.1. The average molecular weight is 315 g/mol. The van der Waals surface area contributed by atoms with Gasteiger partial charge in [-0.25, -0.2) is 0 Å². The molecule has 0 aliphatic rings. The van der Waals surface area contributed by atoms with Crippen molar-refractivity contribution >= 4 is 29.1 Å². The molecule has 0 saturated carbocycles. The Kier molecular flexibility index (Phi) is 5.61. The molecule has 0 heterocycles. The van der Waals surface area contributed by atoms with Crippen LogP contribution in [0.15, 0.2) is 53.4 Å². The maximum Gasteiger partial charge on any atom is 0.262 e. The van der Waals surface area contributed by atoms with E-state index in [4.69, 9.17) is 4.74 Å². The monoisotopic (exact) mass is 315 g/mol. The number of thioether (sulfide) groups is 1. The largest absolute Gasteiger partial charge is 0.484 e. The van der Waals surface area contributed by atoms with Crippen molar-refractivity contribution in [1.82, 2.24) is 0 Å². The third kappa shape index (κ3) is 4.63. The maximum absolute atomic E-state index is 11.8. The van der Waals surface area contributed by atoms with Crippen LogP contribution in [0, 0.1) is 0 Å². The third-order valence-electron chi connectivity index (χ3n) is 3.00. The van der Waals surface area contributed by atoms with E-state index in [-0.39, 0.29) is 18.3 Å². The second-order valence-electron chi connectivity index (χ2n) is 4.65. The molecular formula is C17H17NO3S. The van der Waals surface area contributed by atoms with Gasteiger partial charge in [0, 0.05) is 16.1 Å². The van der Waals surface area contributed by atoms with Gasteiger partial charge in [-0.15, -0.1) is 11.8 Å². The molecule has 0 fully saturated rings. The first-order valence-electron chi connectivity index (χ1n) is 6.76. The van der Waals surface area contributed by atoms with Crippen LogP contribution in [0.25, 0.3) is 0 Å². The highest BCUT2D eigenvalue weighted by atomic mass is 32.2. The fourth-order valence-corrected chi connectivity index (χ4v) is 2.21. The molecule has 114 valence electrons. The van der Waals surface area contributed by atoms with E-state index in [1.807, 2.05) is 30.5 Å². The van der Waals surface area contributed by atoms with Gasteiger partial charge in [-0.05, 0) is 61.7 Å². The number of rotatable bonds is 6. The summed E-state index contributed by atoms with van der Waals surface area (Å²) in [6, 6.07) is 14.3. The van der Waals surface area contributed by atoms with Gasteiger partial charge in [0.15, 0.2) is 12.4 Å². The molecule has 1 amide bonds. The van der Waals surface area contributed by atoms with Crippen LogP contribution in [0.2, 0.25) is 0 Å². The van der Waals surface area contributed by atoms with Crippen LogP contribution in [-0.2, 0) is 4.79 Å². The number of hydrogen-bond acceptors (Lipinski definition) is 4. The van der Waals surface area contributed by atoms with Crippen molar-refractivity contribution in [2.75, 3.05) is 18.2 Å². The summed E-state index contributed by atoms with van der Waals surface area (Å²) in [5.74, 6) is 0.323. The second kappa shape index (κ2) is 7.66. The zero-order valence-corrected chi connectivity index (χ0v) is 13.3. The van der Waals surface area contributed by atoms with Crippen molar-refractivity contribution in [3.8, 4) is 5.75 Å². The summed E-state index contributed by atoms with van der Waals surface area (Å²) in [5, 5.41) is 2.77. The molecule has 22 heavy (non-hydrogen) atoms. The van der Waals surface area contributed by atoms with Crippen molar-refractivity contribution in [2.45, 2.75) is 11.8 Å². The van der Waals surface area contributed by atoms with Crippen LogP contribution < -0.4 is 10.1 Å². The number of anilines is 1. The molecule has 1 N–H and O–H groups in total. The van der Waals surface area contributed by atoms with Crippen LogP contribution in [0.4, 0.5) is 5.69 Å². The van der Waals surface area contributed by atoms with Crippen molar-refractivity contribution in [3.63, 3.8) is 0 Å². The van der Waals surface area contributed by atoms with Crippen molar-refractivity contribution < 1.29 is 14.3 Å². The molecular weight excluding hydrogens is 298 g/mol. The smallest absolute Gasteiger partial charge is 0.262 e. The number of carbonyl (C=O) groups is 2. The highest BCUT2D eigenvalue weighted by Crippen LogP contribution is 2.17. The molecule has 0 bridgehead atoms.